The van der Waals surface area contributed by atoms with Gasteiger partial charge in [0.05, 0.1) is 11.2 Å². The van der Waals surface area contributed by atoms with Crippen molar-refractivity contribution in [2.45, 2.75) is 98.4 Å². The van der Waals surface area contributed by atoms with E-state index in [0.717, 1.165) is 30.7 Å². The summed E-state index contributed by atoms with van der Waals surface area (Å²) >= 11 is 0. The molecule has 2 aliphatic rings. The molecule has 2 heterocycles. The van der Waals surface area contributed by atoms with Crippen LogP contribution in [-0.4, -0.2) is 74.1 Å². The molecular formula is C28H45BN2O4Si. The van der Waals surface area contributed by atoms with Crippen molar-refractivity contribution in [1.82, 2.24) is 9.80 Å². The monoisotopic (exact) mass is 512 g/mol. The van der Waals surface area contributed by atoms with Crippen molar-refractivity contribution < 1.29 is 18.8 Å². The first-order valence-electron chi connectivity index (χ1n) is 13.1. The highest BCUT2D eigenvalue weighted by Crippen LogP contribution is 2.36. The van der Waals surface area contributed by atoms with E-state index >= 15 is 0 Å². The summed E-state index contributed by atoms with van der Waals surface area (Å²) in [7, 11) is -1.96. The molecule has 0 atom stereocenters. The summed E-state index contributed by atoms with van der Waals surface area (Å²) in [4.78, 5) is 16.7. The first kappa shape index (κ1) is 28.8. The number of carbonyl (C=O) groups excluding carboxylic acids is 1. The lowest BCUT2D eigenvalue weighted by molar-refractivity contribution is 0.00578. The molecular weight excluding hydrogens is 467 g/mol. The van der Waals surface area contributed by atoms with Gasteiger partial charge < -0.3 is 18.9 Å². The summed E-state index contributed by atoms with van der Waals surface area (Å²) in [5.41, 5.74) is 6.75. The number of nitrogens with zero attached hydrogens (tertiary/aromatic N) is 2. The average molecular weight is 513 g/mol. The number of rotatable bonds is 3. The summed E-state index contributed by atoms with van der Waals surface area (Å²) in [6, 6.07) is 4.37. The SMILES string of the molecule is Cc1c(C#C[Si](C)(C)C)cc(B2OC(C)(C)C(C)(C)O2)cc1CN1CCN(C(=O)OC(C)(C)C)CC1. The minimum atomic E-state index is -1.54. The van der Waals surface area contributed by atoms with E-state index in [0.29, 0.717) is 13.1 Å². The van der Waals surface area contributed by atoms with Gasteiger partial charge in [-0.05, 0) is 78.0 Å². The van der Waals surface area contributed by atoms with Gasteiger partial charge in [-0.25, -0.2) is 4.79 Å². The molecule has 0 saturated carbocycles. The highest BCUT2D eigenvalue weighted by Gasteiger charge is 2.51. The van der Waals surface area contributed by atoms with Crippen LogP contribution in [0.15, 0.2) is 12.1 Å². The van der Waals surface area contributed by atoms with E-state index < -0.39 is 32.0 Å². The Morgan fingerprint density at radius 3 is 2.11 bits per heavy atom. The van der Waals surface area contributed by atoms with Crippen LogP contribution in [0.25, 0.3) is 0 Å². The van der Waals surface area contributed by atoms with Crippen LogP contribution in [0.2, 0.25) is 19.6 Å². The largest absolute Gasteiger partial charge is 0.494 e. The number of ether oxygens (including phenoxy) is 1. The number of piperazine rings is 1. The van der Waals surface area contributed by atoms with Crippen LogP contribution in [0.5, 0.6) is 0 Å². The summed E-state index contributed by atoms with van der Waals surface area (Å²) in [6.07, 6.45) is -0.231. The predicted molar refractivity (Wildman–Crippen MR) is 150 cm³/mol. The molecule has 6 nitrogen and oxygen atoms in total. The number of hydrogen-bond donors (Lipinski definition) is 0. The van der Waals surface area contributed by atoms with E-state index in [1.54, 1.807) is 4.90 Å². The van der Waals surface area contributed by atoms with Crippen LogP contribution in [0.4, 0.5) is 4.79 Å². The molecule has 2 fully saturated rings. The van der Waals surface area contributed by atoms with E-state index in [1.807, 2.05) is 20.8 Å². The maximum atomic E-state index is 12.5. The van der Waals surface area contributed by atoms with Crippen LogP contribution in [0.3, 0.4) is 0 Å². The topological polar surface area (TPSA) is 51.2 Å². The van der Waals surface area contributed by atoms with Crippen molar-refractivity contribution in [1.29, 1.82) is 0 Å². The Morgan fingerprint density at radius 1 is 1.06 bits per heavy atom. The summed E-state index contributed by atoms with van der Waals surface area (Å²) < 4.78 is 18.3. The maximum Gasteiger partial charge on any atom is 0.494 e. The average Bonchev–Trinajstić information content (AvgIpc) is 2.94. The molecule has 0 spiro atoms. The van der Waals surface area contributed by atoms with Gasteiger partial charge in [-0.1, -0.05) is 31.6 Å². The molecule has 0 N–H and O–H groups in total. The molecule has 2 aliphatic heterocycles. The van der Waals surface area contributed by atoms with Crippen molar-refractivity contribution in [3.63, 3.8) is 0 Å². The van der Waals surface area contributed by atoms with Crippen LogP contribution in [-0.2, 0) is 20.6 Å². The molecule has 3 rings (SSSR count). The highest BCUT2D eigenvalue weighted by molar-refractivity contribution is 6.83. The molecule has 1 aromatic carbocycles. The van der Waals surface area contributed by atoms with E-state index in [4.69, 9.17) is 14.0 Å². The lowest BCUT2D eigenvalue weighted by Gasteiger charge is -2.36. The first-order valence-corrected chi connectivity index (χ1v) is 16.6. The molecule has 0 aromatic heterocycles. The van der Waals surface area contributed by atoms with Crippen LogP contribution in [0.1, 0.15) is 65.2 Å². The molecule has 198 valence electrons. The summed E-state index contributed by atoms with van der Waals surface area (Å²) in [5, 5.41) is 0. The Hall–Kier alpha value is -1.79. The summed E-state index contributed by atoms with van der Waals surface area (Å²) in [6.45, 7) is 26.7. The smallest absolute Gasteiger partial charge is 0.444 e. The van der Waals surface area contributed by atoms with E-state index in [9.17, 15) is 4.79 Å². The van der Waals surface area contributed by atoms with Gasteiger partial charge in [0.25, 0.3) is 0 Å². The number of carbonyl (C=O) groups is 1. The second kappa shape index (κ2) is 10.2. The van der Waals surface area contributed by atoms with Crippen LogP contribution >= 0.6 is 0 Å². The Kier molecular flexibility index (Phi) is 8.13. The standard InChI is InChI=1S/C28H45BN2O4Si/c1-21-22(12-17-36(9,10)11)18-24(29-34-27(5,6)28(7,8)35-29)19-23(21)20-30-13-15-31(16-14-30)25(32)33-26(2,3)4/h18-19H,13-16,20H2,1-11H3. The van der Waals surface area contributed by atoms with E-state index in [-0.39, 0.29) is 6.09 Å². The van der Waals surface area contributed by atoms with Crippen LogP contribution < -0.4 is 5.46 Å². The fourth-order valence-electron chi connectivity index (χ4n) is 4.12. The zero-order chi connectivity index (χ0) is 27.1. The molecule has 36 heavy (non-hydrogen) atoms. The Labute approximate surface area is 220 Å². The quantitative estimate of drug-likeness (QED) is 0.439. The van der Waals surface area contributed by atoms with Gasteiger partial charge in [-0.3, -0.25) is 4.90 Å². The zero-order valence-electron chi connectivity index (χ0n) is 24.3. The van der Waals surface area contributed by atoms with Gasteiger partial charge in [-0.15, -0.1) is 5.54 Å². The fraction of sp³-hybridized carbons (Fsp3) is 0.679. The van der Waals surface area contributed by atoms with Gasteiger partial charge in [-0.2, -0.15) is 0 Å². The predicted octanol–water partition coefficient (Wildman–Crippen LogP) is 4.58. The first-order chi connectivity index (χ1) is 16.4. The molecule has 1 aromatic rings. The van der Waals surface area contributed by atoms with Gasteiger partial charge in [0.2, 0.25) is 0 Å². The van der Waals surface area contributed by atoms with Crippen LogP contribution in [0, 0.1) is 18.4 Å². The van der Waals surface area contributed by atoms with Crippen molar-refractivity contribution in [3.8, 4) is 11.5 Å². The van der Waals surface area contributed by atoms with Crippen molar-refractivity contribution in [2.24, 2.45) is 0 Å². The second-order valence-corrected chi connectivity index (χ2v) is 17.9. The van der Waals surface area contributed by atoms with Crippen molar-refractivity contribution in [3.05, 3.63) is 28.8 Å². The third-order valence-electron chi connectivity index (χ3n) is 7.05. The molecule has 0 bridgehead atoms. The van der Waals surface area contributed by atoms with E-state index in [2.05, 4.69) is 82.8 Å². The minimum Gasteiger partial charge on any atom is -0.444 e. The summed E-state index contributed by atoms with van der Waals surface area (Å²) in [5.74, 6) is 3.49. The maximum absolute atomic E-state index is 12.5. The Bertz CT molecular complexity index is 1020. The highest BCUT2D eigenvalue weighted by atomic mass is 28.3. The number of benzene rings is 1. The van der Waals surface area contributed by atoms with Crippen molar-refractivity contribution in [2.75, 3.05) is 26.2 Å². The third-order valence-corrected chi connectivity index (χ3v) is 7.93. The number of hydrogen-bond acceptors (Lipinski definition) is 5. The molecule has 0 radical (unpaired) electrons. The van der Waals surface area contributed by atoms with Crippen molar-refractivity contribution >= 4 is 26.7 Å². The second-order valence-electron chi connectivity index (χ2n) is 13.2. The number of amides is 1. The molecule has 0 unspecified atom stereocenters. The lowest BCUT2D eigenvalue weighted by atomic mass is 9.76. The molecule has 1 amide bonds. The minimum absolute atomic E-state index is 0.231. The fourth-order valence-corrected chi connectivity index (χ4v) is 4.63. The zero-order valence-corrected chi connectivity index (χ0v) is 25.3. The van der Waals surface area contributed by atoms with Gasteiger partial charge >= 0.3 is 13.2 Å². The van der Waals surface area contributed by atoms with E-state index in [1.165, 1.54) is 11.1 Å². The van der Waals surface area contributed by atoms with Gasteiger partial charge in [0.1, 0.15) is 13.7 Å². The van der Waals surface area contributed by atoms with Gasteiger partial charge in [0, 0.05) is 38.3 Å². The Morgan fingerprint density at radius 2 is 1.61 bits per heavy atom. The van der Waals surface area contributed by atoms with Gasteiger partial charge in [0.15, 0.2) is 0 Å². The molecule has 8 heteroatoms. The Balaban J connectivity index is 1.83. The normalized spacial score (nSPS) is 20.2. The molecule has 2 saturated heterocycles. The molecule has 0 aliphatic carbocycles. The lowest BCUT2D eigenvalue weighted by Crippen LogP contribution is -2.49. The third kappa shape index (κ3) is 7.16.